The Balaban J connectivity index is 1.42. The smallest absolute Gasteiger partial charge is 0.239 e. The van der Waals surface area contributed by atoms with Crippen molar-refractivity contribution < 1.29 is 22.1 Å². The molecule has 8 nitrogen and oxygen atoms in total. The first-order chi connectivity index (χ1) is 14.7. The number of sulfone groups is 1. The number of hydrogen-bond acceptors (Lipinski definition) is 7. The number of amides is 1. The Kier molecular flexibility index (Phi) is 6.11. The van der Waals surface area contributed by atoms with Gasteiger partial charge in [0.25, 0.3) is 0 Å². The molecule has 0 spiro atoms. The van der Waals surface area contributed by atoms with Crippen LogP contribution in [0.3, 0.4) is 0 Å². The summed E-state index contributed by atoms with van der Waals surface area (Å²) < 4.78 is 42.5. The van der Waals surface area contributed by atoms with E-state index in [1.165, 1.54) is 12.1 Å². The van der Waals surface area contributed by atoms with E-state index in [9.17, 15) is 17.6 Å². The van der Waals surface area contributed by atoms with Gasteiger partial charge in [0, 0.05) is 25.2 Å². The van der Waals surface area contributed by atoms with Gasteiger partial charge in [-0.2, -0.15) is 4.98 Å². The molecule has 2 aliphatic rings. The lowest BCUT2D eigenvalue weighted by molar-refractivity contribution is -0.137. The number of piperidine rings is 1. The van der Waals surface area contributed by atoms with E-state index in [0.29, 0.717) is 30.2 Å². The van der Waals surface area contributed by atoms with Gasteiger partial charge < -0.3 is 9.42 Å². The molecule has 0 bridgehead atoms. The monoisotopic (exact) mass is 450 g/mol. The van der Waals surface area contributed by atoms with Crippen molar-refractivity contribution in [1.29, 1.82) is 0 Å². The summed E-state index contributed by atoms with van der Waals surface area (Å²) in [5, 5.41) is 4.00. The standard InChI is InChI=1S/C21H27FN4O4S/c1-14(21(27)25(2)18-8-10-31(28,29)13-18)26-9-4-6-16(12-26)20-23-19(24-30-20)15-5-3-7-17(22)11-15/h3,5,7,11,14,16,18H,4,6,8-10,12-13H2,1-2H3. The number of hydrogen-bond donors (Lipinski definition) is 0. The van der Waals surface area contributed by atoms with E-state index in [1.807, 2.05) is 6.92 Å². The summed E-state index contributed by atoms with van der Waals surface area (Å²) in [5.41, 5.74) is 0.555. The van der Waals surface area contributed by atoms with Crippen LogP contribution in [0.2, 0.25) is 0 Å². The first-order valence-corrected chi connectivity index (χ1v) is 12.4. The second kappa shape index (κ2) is 8.66. The average molecular weight is 451 g/mol. The van der Waals surface area contributed by atoms with Gasteiger partial charge in [-0.3, -0.25) is 9.69 Å². The van der Waals surface area contributed by atoms with Gasteiger partial charge in [0.1, 0.15) is 5.82 Å². The second-order valence-electron chi connectivity index (χ2n) is 8.48. The van der Waals surface area contributed by atoms with E-state index < -0.39 is 9.84 Å². The fourth-order valence-electron chi connectivity index (χ4n) is 4.42. The van der Waals surface area contributed by atoms with Gasteiger partial charge >= 0.3 is 0 Å². The Bertz CT molecular complexity index is 1060. The summed E-state index contributed by atoms with van der Waals surface area (Å²) in [4.78, 5) is 21.1. The molecular weight excluding hydrogens is 423 g/mol. The van der Waals surface area contributed by atoms with Crippen molar-refractivity contribution in [2.45, 2.75) is 44.2 Å². The maximum atomic E-state index is 13.5. The average Bonchev–Trinajstić information content (AvgIpc) is 3.39. The Morgan fingerprint density at radius 1 is 1.35 bits per heavy atom. The minimum Gasteiger partial charge on any atom is -0.340 e. The van der Waals surface area contributed by atoms with Crippen molar-refractivity contribution >= 4 is 15.7 Å². The molecule has 2 saturated heterocycles. The van der Waals surface area contributed by atoms with E-state index in [0.717, 1.165) is 19.4 Å². The second-order valence-corrected chi connectivity index (χ2v) is 10.7. The van der Waals surface area contributed by atoms with Crippen LogP contribution in [0.1, 0.15) is 38.0 Å². The lowest BCUT2D eigenvalue weighted by atomic mass is 9.96. The maximum Gasteiger partial charge on any atom is 0.239 e. The van der Waals surface area contributed by atoms with Gasteiger partial charge in [-0.1, -0.05) is 17.3 Å². The Labute approximate surface area is 181 Å². The molecule has 168 valence electrons. The quantitative estimate of drug-likeness (QED) is 0.688. The van der Waals surface area contributed by atoms with E-state index in [4.69, 9.17) is 4.52 Å². The molecule has 0 N–H and O–H groups in total. The minimum absolute atomic E-state index is 0.0176. The van der Waals surface area contributed by atoms with Gasteiger partial charge in [-0.15, -0.1) is 0 Å². The number of carbonyl (C=O) groups excluding carboxylic acids is 1. The van der Waals surface area contributed by atoms with Crippen LogP contribution >= 0.6 is 0 Å². The molecule has 3 heterocycles. The van der Waals surface area contributed by atoms with E-state index in [2.05, 4.69) is 15.0 Å². The highest BCUT2D eigenvalue weighted by atomic mass is 32.2. The Morgan fingerprint density at radius 3 is 2.87 bits per heavy atom. The molecule has 0 aliphatic carbocycles. The van der Waals surface area contributed by atoms with Crippen molar-refractivity contribution in [2.75, 3.05) is 31.6 Å². The van der Waals surface area contributed by atoms with Crippen LogP contribution in [-0.2, 0) is 14.6 Å². The molecule has 1 aromatic heterocycles. The van der Waals surface area contributed by atoms with Gasteiger partial charge in [0.15, 0.2) is 9.84 Å². The summed E-state index contributed by atoms with van der Waals surface area (Å²) >= 11 is 0. The Hall–Kier alpha value is -2.33. The van der Waals surface area contributed by atoms with Crippen LogP contribution in [0.5, 0.6) is 0 Å². The molecule has 0 saturated carbocycles. The van der Waals surface area contributed by atoms with Crippen LogP contribution in [0, 0.1) is 5.82 Å². The molecule has 1 aromatic carbocycles. The third-order valence-electron chi connectivity index (χ3n) is 6.34. The number of carbonyl (C=O) groups is 1. The van der Waals surface area contributed by atoms with Gasteiger partial charge in [-0.25, -0.2) is 12.8 Å². The van der Waals surface area contributed by atoms with Crippen LogP contribution in [0.15, 0.2) is 28.8 Å². The summed E-state index contributed by atoms with van der Waals surface area (Å²) in [6, 6.07) is 5.42. The SMILES string of the molecule is CC(C(=O)N(C)C1CCS(=O)(=O)C1)N1CCCC(c2nc(-c3cccc(F)c3)no2)C1. The Morgan fingerprint density at radius 2 is 2.16 bits per heavy atom. The maximum absolute atomic E-state index is 13.5. The van der Waals surface area contributed by atoms with Gasteiger partial charge in [0.2, 0.25) is 17.6 Å². The zero-order chi connectivity index (χ0) is 22.2. The summed E-state index contributed by atoms with van der Waals surface area (Å²) in [5.74, 6) is 0.552. The lowest BCUT2D eigenvalue weighted by Gasteiger charge is -2.37. The number of aromatic nitrogens is 2. The number of rotatable bonds is 5. The molecule has 3 atom stereocenters. The van der Waals surface area contributed by atoms with E-state index in [-0.39, 0.29) is 41.2 Å². The molecular formula is C21H27FN4O4S. The lowest BCUT2D eigenvalue weighted by Crippen LogP contribution is -2.51. The number of halogens is 1. The number of likely N-dealkylation sites (tertiary alicyclic amines) is 1. The van der Waals surface area contributed by atoms with Crippen LogP contribution in [-0.4, -0.2) is 78.0 Å². The minimum atomic E-state index is -3.05. The number of benzene rings is 1. The third-order valence-corrected chi connectivity index (χ3v) is 8.09. The molecule has 4 rings (SSSR count). The summed E-state index contributed by atoms with van der Waals surface area (Å²) in [7, 11) is -1.36. The molecule has 1 amide bonds. The zero-order valence-electron chi connectivity index (χ0n) is 17.7. The first-order valence-electron chi connectivity index (χ1n) is 10.5. The van der Waals surface area contributed by atoms with Crippen LogP contribution in [0.4, 0.5) is 4.39 Å². The first kappa shape index (κ1) is 21.9. The van der Waals surface area contributed by atoms with E-state index in [1.54, 1.807) is 24.1 Å². The highest BCUT2D eigenvalue weighted by Gasteiger charge is 2.37. The summed E-state index contributed by atoms with van der Waals surface area (Å²) in [6.07, 6.45) is 2.23. The zero-order valence-corrected chi connectivity index (χ0v) is 18.5. The summed E-state index contributed by atoms with van der Waals surface area (Å²) in [6.45, 7) is 3.22. The molecule has 31 heavy (non-hydrogen) atoms. The van der Waals surface area contributed by atoms with Crippen molar-refractivity contribution in [3.05, 3.63) is 36.0 Å². The molecule has 2 aliphatic heterocycles. The van der Waals surface area contributed by atoms with Gasteiger partial charge in [-0.05, 0) is 44.9 Å². The molecule has 10 heteroatoms. The highest BCUT2D eigenvalue weighted by Crippen LogP contribution is 2.29. The predicted octanol–water partition coefficient (Wildman–Crippen LogP) is 2.09. The molecule has 2 aromatic rings. The van der Waals surface area contributed by atoms with Gasteiger partial charge in [0.05, 0.1) is 23.5 Å². The predicted molar refractivity (Wildman–Crippen MR) is 113 cm³/mol. The normalized spacial score (nSPS) is 24.7. The van der Waals surface area contributed by atoms with Crippen molar-refractivity contribution in [3.63, 3.8) is 0 Å². The van der Waals surface area contributed by atoms with Crippen molar-refractivity contribution in [3.8, 4) is 11.4 Å². The number of nitrogens with zero attached hydrogens (tertiary/aromatic N) is 4. The fraction of sp³-hybridized carbons (Fsp3) is 0.571. The van der Waals surface area contributed by atoms with Crippen molar-refractivity contribution in [2.24, 2.45) is 0 Å². The fourth-order valence-corrected chi connectivity index (χ4v) is 6.19. The molecule has 2 fully saturated rings. The van der Waals surface area contributed by atoms with Crippen molar-refractivity contribution in [1.82, 2.24) is 19.9 Å². The highest BCUT2D eigenvalue weighted by molar-refractivity contribution is 7.91. The van der Waals surface area contributed by atoms with Crippen LogP contribution < -0.4 is 0 Å². The topological polar surface area (TPSA) is 96.6 Å². The van der Waals surface area contributed by atoms with Crippen LogP contribution in [0.25, 0.3) is 11.4 Å². The molecule has 3 unspecified atom stereocenters. The number of likely N-dealkylation sites (N-methyl/N-ethyl adjacent to an activating group) is 1. The molecule has 0 radical (unpaired) electrons. The third kappa shape index (κ3) is 4.79. The van der Waals surface area contributed by atoms with E-state index >= 15 is 0 Å². The largest absolute Gasteiger partial charge is 0.340 e.